The molecule has 0 aromatic heterocycles. The second kappa shape index (κ2) is 5.76. The van der Waals surface area contributed by atoms with Gasteiger partial charge in [0.15, 0.2) is 0 Å². The molecule has 1 saturated carbocycles. The van der Waals surface area contributed by atoms with E-state index in [9.17, 15) is 24.5 Å². The van der Waals surface area contributed by atoms with Crippen LogP contribution in [0.4, 0.5) is 11.4 Å². The number of esters is 1. The Bertz CT molecular complexity index is 844. The molecular weight excluding hydrogens is 340 g/mol. The van der Waals surface area contributed by atoms with Crippen LogP contribution in [0.5, 0.6) is 5.75 Å². The van der Waals surface area contributed by atoms with Gasteiger partial charge in [-0.05, 0) is 36.8 Å². The minimum Gasteiger partial charge on any atom is -0.419 e. The van der Waals surface area contributed by atoms with Crippen LogP contribution in [0.1, 0.15) is 19.8 Å². The Labute approximate surface area is 148 Å². The van der Waals surface area contributed by atoms with Crippen molar-refractivity contribution in [1.29, 1.82) is 0 Å². The fraction of sp³-hybridized carbons (Fsp3) is 0.389. The Kier molecular flexibility index (Phi) is 3.64. The van der Waals surface area contributed by atoms with Crippen LogP contribution in [0.15, 0.2) is 30.4 Å². The predicted molar refractivity (Wildman–Crippen MR) is 89.2 cm³/mol. The summed E-state index contributed by atoms with van der Waals surface area (Å²) >= 11 is 0. The summed E-state index contributed by atoms with van der Waals surface area (Å²) in [7, 11) is 0. The minimum atomic E-state index is -0.703. The Morgan fingerprint density at radius 3 is 2.19 bits per heavy atom. The summed E-state index contributed by atoms with van der Waals surface area (Å²) in [5.41, 5.74) is -0.328. The third kappa shape index (κ3) is 2.33. The first-order valence-corrected chi connectivity index (χ1v) is 8.41. The third-order valence-corrected chi connectivity index (χ3v) is 5.41. The molecule has 0 radical (unpaired) electrons. The van der Waals surface area contributed by atoms with Gasteiger partial charge in [0.2, 0.25) is 17.6 Å². The Balaban J connectivity index is 1.73. The molecule has 8 heteroatoms. The zero-order valence-corrected chi connectivity index (χ0v) is 14.0. The highest BCUT2D eigenvalue weighted by Gasteiger charge is 2.57. The number of carbonyl (C=O) groups excluding carboxylic acids is 3. The van der Waals surface area contributed by atoms with Crippen LogP contribution in [0, 0.1) is 33.8 Å². The average Bonchev–Trinajstić information content (AvgIpc) is 2.89. The number of amides is 2. The predicted octanol–water partition coefficient (Wildman–Crippen LogP) is 2.22. The van der Waals surface area contributed by atoms with Crippen molar-refractivity contribution in [2.45, 2.75) is 19.8 Å². The van der Waals surface area contributed by atoms with Gasteiger partial charge >= 0.3 is 11.7 Å². The highest BCUT2D eigenvalue weighted by atomic mass is 16.6. The van der Waals surface area contributed by atoms with Crippen molar-refractivity contribution in [1.82, 2.24) is 0 Å². The fourth-order valence-electron chi connectivity index (χ4n) is 4.36. The molecule has 0 unspecified atom stereocenters. The Morgan fingerprint density at radius 2 is 1.73 bits per heavy atom. The molecule has 1 heterocycles. The number of nitro benzene ring substituents is 1. The topological polar surface area (TPSA) is 107 Å². The lowest BCUT2D eigenvalue weighted by Crippen LogP contribution is -2.38. The number of hydrogen-bond donors (Lipinski definition) is 0. The minimum absolute atomic E-state index is 0.0433. The zero-order valence-electron chi connectivity index (χ0n) is 14.0. The monoisotopic (exact) mass is 356 g/mol. The van der Waals surface area contributed by atoms with Gasteiger partial charge in [-0.2, -0.15) is 0 Å². The van der Waals surface area contributed by atoms with Crippen LogP contribution < -0.4 is 9.64 Å². The number of imide groups is 1. The SMILES string of the molecule is CC(=O)Oc1ccc(N2C(=O)[C@@H]3[C@H](C2=O)[C@H]2C=C[C@H]3CC2)cc1[N+](=O)[O-]. The highest BCUT2D eigenvalue weighted by molar-refractivity contribution is 6.22. The number of ether oxygens (including phenoxy) is 1. The van der Waals surface area contributed by atoms with E-state index in [4.69, 9.17) is 4.74 Å². The normalized spacial score (nSPS) is 29.0. The Hall–Kier alpha value is -3.03. The molecule has 5 rings (SSSR count). The van der Waals surface area contributed by atoms with Crippen LogP contribution in [0.2, 0.25) is 0 Å². The Morgan fingerprint density at radius 1 is 1.15 bits per heavy atom. The maximum Gasteiger partial charge on any atom is 0.313 e. The lowest BCUT2D eigenvalue weighted by Gasteiger charge is -2.38. The van der Waals surface area contributed by atoms with E-state index < -0.39 is 28.4 Å². The van der Waals surface area contributed by atoms with Crippen molar-refractivity contribution in [2.24, 2.45) is 23.7 Å². The maximum atomic E-state index is 12.9. The first-order chi connectivity index (χ1) is 12.4. The van der Waals surface area contributed by atoms with Crippen LogP contribution in [0.25, 0.3) is 0 Å². The summed E-state index contributed by atoms with van der Waals surface area (Å²) in [6, 6.07) is 3.75. The van der Waals surface area contributed by atoms with E-state index >= 15 is 0 Å². The molecule has 4 aliphatic rings. The van der Waals surface area contributed by atoms with Crippen LogP contribution >= 0.6 is 0 Å². The number of rotatable bonds is 3. The van der Waals surface area contributed by atoms with Gasteiger partial charge in [-0.1, -0.05) is 12.2 Å². The van der Waals surface area contributed by atoms with Crippen LogP contribution in [-0.2, 0) is 14.4 Å². The highest BCUT2D eigenvalue weighted by Crippen LogP contribution is 2.50. The van der Waals surface area contributed by atoms with Crippen molar-refractivity contribution >= 4 is 29.2 Å². The van der Waals surface area contributed by atoms with Gasteiger partial charge in [-0.15, -0.1) is 0 Å². The van der Waals surface area contributed by atoms with Crippen molar-refractivity contribution < 1.29 is 24.0 Å². The number of anilines is 1. The standard InChI is InChI=1S/C18H16N2O6/c1-9(21)26-14-7-6-12(8-13(14)20(24)25)19-17(22)15-10-2-3-11(5-4-10)16(15)18(19)23/h2-3,6-8,10-11,15-16H,4-5H2,1H3/t10-,11-,15-,16+/m0/s1. The smallest absolute Gasteiger partial charge is 0.313 e. The molecular formula is C18H16N2O6. The van der Waals surface area contributed by atoms with Gasteiger partial charge in [-0.25, -0.2) is 4.90 Å². The van der Waals surface area contributed by atoms with Gasteiger partial charge in [0.05, 0.1) is 22.4 Å². The van der Waals surface area contributed by atoms with Gasteiger partial charge < -0.3 is 4.74 Å². The summed E-state index contributed by atoms with van der Waals surface area (Å²) in [6.45, 7) is 1.14. The second-order valence-electron chi connectivity index (χ2n) is 6.86. The lowest BCUT2D eigenvalue weighted by atomic mass is 9.63. The van der Waals surface area contributed by atoms with Crippen LogP contribution in [0.3, 0.4) is 0 Å². The molecule has 0 N–H and O–H groups in total. The van der Waals surface area contributed by atoms with E-state index in [1.54, 1.807) is 0 Å². The summed E-state index contributed by atoms with van der Waals surface area (Å²) in [6.07, 6.45) is 5.77. The lowest BCUT2D eigenvalue weighted by molar-refractivity contribution is -0.385. The molecule has 1 aliphatic heterocycles. The van der Waals surface area contributed by atoms with E-state index in [0.29, 0.717) is 0 Å². The molecule has 1 saturated heterocycles. The molecule has 2 bridgehead atoms. The first-order valence-electron chi connectivity index (χ1n) is 8.41. The van der Waals surface area contributed by atoms with Gasteiger partial charge in [0.1, 0.15) is 0 Å². The van der Waals surface area contributed by atoms with Gasteiger partial charge in [-0.3, -0.25) is 24.5 Å². The van der Waals surface area contributed by atoms with E-state index in [1.165, 1.54) is 12.1 Å². The van der Waals surface area contributed by atoms with Gasteiger partial charge in [0.25, 0.3) is 0 Å². The number of carbonyl (C=O) groups is 3. The summed E-state index contributed by atoms with van der Waals surface area (Å²) in [5.74, 6) is -2.23. The van der Waals surface area contributed by atoms with Gasteiger partial charge in [0, 0.05) is 13.0 Å². The van der Waals surface area contributed by atoms with Crippen molar-refractivity contribution in [3.8, 4) is 5.75 Å². The molecule has 3 aliphatic carbocycles. The summed E-state index contributed by atoms with van der Waals surface area (Å²) < 4.78 is 4.84. The molecule has 2 amide bonds. The van der Waals surface area contributed by atoms with E-state index in [-0.39, 0.29) is 35.1 Å². The zero-order chi connectivity index (χ0) is 18.6. The second-order valence-corrected chi connectivity index (χ2v) is 6.86. The van der Waals surface area contributed by atoms with E-state index in [1.807, 2.05) is 12.2 Å². The number of benzene rings is 1. The fourth-order valence-corrected chi connectivity index (χ4v) is 4.36. The number of hydrogen-bond acceptors (Lipinski definition) is 6. The summed E-state index contributed by atoms with van der Waals surface area (Å²) in [5, 5.41) is 11.3. The van der Waals surface area contributed by atoms with E-state index in [2.05, 4.69) is 0 Å². The molecule has 2 fully saturated rings. The van der Waals surface area contributed by atoms with Crippen LogP contribution in [-0.4, -0.2) is 22.7 Å². The number of allylic oxidation sites excluding steroid dienone is 2. The number of fused-ring (bicyclic) bond motifs is 1. The van der Waals surface area contributed by atoms with Crippen molar-refractivity contribution in [2.75, 3.05) is 4.90 Å². The quantitative estimate of drug-likeness (QED) is 0.205. The third-order valence-electron chi connectivity index (χ3n) is 5.41. The maximum absolute atomic E-state index is 12.9. The average molecular weight is 356 g/mol. The van der Waals surface area contributed by atoms with E-state index in [0.717, 1.165) is 30.7 Å². The molecule has 134 valence electrons. The number of nitro groups is 1. The summed E-state index contributed by atoms with van der Waals surface area (Å²) in [4.78, 5) is 48.6. The largest absolute Gasteiger partial charge is 0.419 e. The molecule has 0 spiro atoms. The molecule has 26 heavy (non-hydrogen) atoms. The molecule has 1 aromatic rings. The van der Waals surface area contributed by atoms with Crippen molar-refractivity contribution in [3.63, 3.8) is 0 Å². The number of nitrogens with zero attached hydrogens (tertiary/aromatic N) is 2. The molecule has 1 aromatic carbocycles. The molecule has 4 atom stereocenters. The molecule has 8 nitrogen and oxygen atoms in total. The first kappa shape index (κ1) is 16.4. The van der Waals surface area contributed by atoms with Crippen molar-refractivity contribution in [3.05, 3.63) is 40.5 Å².